The Morgan fingerprint density at radius 3 is 2.73 bits per heavy atom. The third kappa shape index (κ3) is 3.24. The number of pyridine rings is 1. The molecule has 0 radical (unpaired) electrons. The van der Waals surface area contributed by atoms with E-state index in [1.54, 1.807) is 17.0 Å². The number of rotatable bonds is 4. The zero-order valence-corrected chi connectivity index (χ0v) is 16.3. The van der Waals surface area contributed by atoms with Gasteiger partial charge in [-0.2, -0.15) is 0 Å². The maximum Gasteiger partial charge on any atom is 0.255 e. The summed E-state index contributed by atoms with van der Waals surface area (Å²) in [7, 11) is 0. The molecule has 1 saturated carbocycles. The van der Waals surface area contributed by atoms with Gasteiger partial charge in [0, 0.05) is 22.9 Å². The molecule has 3 aromatic rings. The van der Waals surface area contributed by atoms with Crippen molar-refractivity contribution in [1.82, 2.24) is 9.88 Å². The number of benzene rings is 2. The predicted octanol–water partition coefficient (Wildman–Crippen LogP) is 3.46. The summed E-state index contributed by atoms with van der Waals surface area (Å²) in [5.74, 6) is 0.229. The van der Waals surface area contributed by atoms with Crippen LogP contribution in [0.15, 0.2) is 54.6 Å². The van der Waals surface area contributed by atoms with E-state index in [0.29, 0.717) is 30.7 Å². The van der Waals surface area contributed by atoms with Crippen LogP contribution < -0.4 is 4.74 Å². The van der Waals surface area contributed by atoms with Crippen molar-refractivity contribution >= 4 is 28.4 Å². The van der Waals surface area contributed by atoms with Gasteiger partial charge < -0.3 is 9.64 Å². The second kappa shape index (κ2) is 7.37. The van der Waals surface area contributed by atoms with E-state index in [0.717, 1.165) is 22.2 Å². The SMILES string of the molecule is O=C1CCC(N2Cc3c(OCc4ccc5ccccc5n4)cccc3C2=O)C(=O)C1. The molecule has 2 aromatic carbocycles. The van der Waals surface area contributed by atoms with Crippen molar-refractivity contribution in [1.29, 1.82) is 0 Å². The Morgan fingerprint density at radius 1 is 1.00 bits per heavy atom. The van der Waals surface area contributed by atoms with E-state index >= 15 is 0 Å². The van der Waals surface area contributed by atoms with Crippen LogP contribution in [0.1, 0.15) is 40.9 Å². The average Bonchev–Trinajstić information content (AvgIpc) is 3.09. The van der Waals surface area contributed by atoms with Crippen LogP contribution in [0, 0.1) is 0 Å². The van der Waals surface area contributed by atoms with Gasteiger partial charge in [-0.1, -0.05) is 30.3 Å². The lowest BCUT2D eigenvalue weighted by molar-refractivity contribution is -0.133. The van der Waals surface area contributed by atoms with E-state index in [-0.39, 0.29) is 30.5 Å². The molecule has 1 fully saturated rings. The number of ketones is 2. The van der Waals surface area contributed by atoms with Gasteiger partial charge in [0.15, 0.2) is 5.78 Å². The summed E-state index contributed by atoms with van der Waals surface area (Å²) >= 11 is 0. The van der Waals surface area contributed by atoms with E-state index in [4.69, 9.17) is 4.74 Å². The fourth-order valence-electron chi connectivity index (χ4n) is 4.24. The molecule has 1 aliphatic carbocycles. The Morgan fingerprint density at radius 2 is 1.87 bits per heavy atom. The van der Waals surface area contributed by atoms with E-state index in [1.165, 1.54) is 0 Å². The van der Waals surface area contributed by atoms with Gasteiger partial charge in [0.1, 0.15) is 18.1 Å². The molecular formula is C24H20N2O4. The van der Waals surface area contributed by atoms with Gasteiger partial charge >= 0.3 is 0 Å². The van der Waals surface area contributed by atoms with E-state index in [9.17, 15) is 14.4 Å². The van der Waals surface area contributed by atoms with Crippen LogP contribution in [0.4, 0.5) is 0 Å². The number of Topliss-reactive ketones (excluding diaryl/α,β-unsaturated/α-hetero) is 2. The zero-order chi connectivity index (χ0) is 20.7. The van der Waals surface area contributed by atoms with Crippen LogP contribution in [0.25, 0.3) is 10.9 Å². The van der Waals surface area contributed by atoms with E-state index in [2.05, 4.69) is 4.98 Å². The van der Waals surface area contributed by atoms with E-state index in [1.807, 2.05) is 42.5 Å². The molecule has 1 aliphatic heterocycles. The number of hydrogen-bond acceptors (Lipinski definition) is 5. The summed E-state index contributed by atoms with van der Waals surface area (Å²) in [5, 5.41) is 1.07. The van der Waals surface area contributed by atoms with Crippen LogP contribution in [0.2, 0.25) is 0 Å². The largest absolute Gasteiger partial charge is 0.487 e. The number of nitrogens with zero attached hydrogens (tertiary/aromatic N) is 2. The highest BCUT2D eigenvalue weighted by Crippen LogP contribution is 2.34. The summed E-state index contributed by atoms with van der Waals surface area (Å²) in [6.45, 7) is 0.604. The second-order valence-corrected chi connectivity index (χ2v) is 7.74. The van der Waals surface area contributed by atoms with Crippen LogP contribution in [-0.4, -0.2) is 33.4 Å². The average molecular weight is 400 g/mol. The number of fused-ring (bicyclic) bond motifs is 2. The highest BCUT2D eigenvalue weighted by Gasteiger charge is 2.39. The molecule has 5 rings (SSSR count). The summed E-state index contributed by atoms with van der Waals surface area (Å²) in [6.07, 6.45) is 0.657. The molecule has 1 unspecified atom stereocenters. The van der Waals surface area contributed by atoms with Crippen molar-refractivity contribution in [2.75, 3.05) is 0 Å². The van der Waals surface area contributed by atoms with Crippen LogP contribution >= 0.6 is 0 Å². The lowest BCUT2D eigenvalue weighted by Gasteiger charge is -2.29. The molecule has 1 amide bonds. The third-order valence-corrected chi connectivity index (χ3v) is 5.80. The number of carbonyl (C=O) groups excluding carboxylic acids is 3. The van der Waals surface area contributed by atoms with Gasteiger partial charge in [-0.15, -0.1) is 0 Å². The minimum Gasteiger partial charge on any atom is -0.487 e. The summed E-state index contributed by atoms with van der Waals surface area (Å²) < 4.78 is 6.03. The zero-order valence-electron chi connectivity index (χ0n) is 16.3. The Hall–Kier alpha value is -3.54. The van der Waals surface area contributed by atoms with Crippen molar-refractivity contribution in [2.24, 2.45) is 0 Å². The molecular weight excluding hydrogens is 380 g/mol. The molecule has 2 aliphatic rings. The molecule has 0 bridgehead atoms. The Kier molecular flexibility index (Phi) is 4.54. The number of amides is 1. The summed E-state index contributed by atoms with van der Waals surface area (Å²) in [5.41, 5.74) is 3.05. The van der Waals surface area contributed by atoms with Gasteiger partial charge in [-0.05, 0) is 30.7 Å². The standard InChI is InChI=1S/C24H20N2O4/c27-17-10-11-21(22(28)12-17)26-13-19-18(24(26)29)5-3-7-23(19)30-14-16-9-8-15-4-1-2-6-20(15)25-16/h1-9,21H,10-14H2. The second-order valence-electron chi connectivity index (χ2n) is 7.74. The first-order valence-electron chi connectivity index (χ1n) is 10.0. The molecule has 2 heterocycles. The van der Waals surface area contributed by atoms with Gasteiger partial charge in [-0.3, -0.25) is 14.4 Å². The van der Waals surface area contributed by atoms with Crippen molar-refractivity contribution in [3.05, 3.63) is 71.4 Å². The predicted molar refractivity (Wildman–Crippen MR) is 110 cm³/mol. The lowest BCUT2D eigenvalue weighted by atomic mass is 9.92. The number of ether oxygens (including phenoxy) is 1. The monoisotopic (exact) mass is 400 g/mol. The van der Waals surface area contributed by atoms with Gasteiger partial charge in [0.05, 0.1) is 30.2 Å². The fraction of sp³-hybridized carbons (Fsp3) is 0.250. The molecule has 1 atom stereocenters. The van der Waals surface area contributed by atoms with Gasteiger partial charge in [0.2, 0.25) is 0 Å². The van der Waals surface area contributed by atoms with Crippen LogP contribution in [-0.2, 0) is 22.7 Å². The first-order valence-corrected chi connectivity index (χ1v) is 10.0. The van der Waals surface area contributed by atoms with Crippen LogP contribution in [0.3, 0.4) is 0 Å². The third-order valence-electron chi connectivity index (χ3n) is 5.80. The smallest absolute Gasteiger partial charge is 0.255 e. The summed E-state index contributed by atoms with van der Waals surface area (Å²) in [4.78, 5) is 43.0. The van der Waals surface area contributed by atoms with Crippen molar-refractivity contribution in [2.45, 2.75) is 38.5 Å². The van der Waals surface area contributed by atoms with Gasteiger partial charge in [-0.25, -0.2) is 4.98 Å². The minimum absolute atomic E-state index is 0.0488. The number of aromatic nitrogens is 1. The summed E-state index contributed by atoms with van der Waals surface area (Å²) in [6, 6.07) is 16.7. The molecule has 0 saturated heterocycles. The molecule has 6 heteroatoms. The molecule has 0 spiro atoms. The first-order chi connectivity index (χ1) is 14.6. The topological polar surface area (TPSA) is 76.6 Å². The Bertz CT molecular complexity index is 1190. The molecule has 0 N–H and O–H groups in total. The lowest BCUT2D eigenvalue weighted by Crippen LogP contribution is -2.44. The Balaban J connectivity index is 1.36. The number of hydrogen-bond donors (Lipinski definition) is 0. The first kappa shape index (κ1) is 18.5. The maximum absolute atomic E-state index is 12.9. The Labute approximate surface area is 173 Å². The van der Waals surface area contributed by atoms with Crippen LogP contribution in [0.5, 0.6) is 5.75 Å². The van der Waals surface area contributed by atoms with Crippen molar-refractivity contribution < 1.29 is 19.1 Å². The molecule has 6 nitrogen and oxygen atoms in total. The van der Waals surface area contributed by atoms with Crippen molar-refractivity contribution in [3.63, 3.8) is 0 Å². The number of para-hydroxylation sites is 1. The number of carbonyl (C=O) groups is 3. The quantitative estimate of drug-likeness (QED) is 0.627. The highest BCUT2D eigenvalue weighted by atomic mass is 16.5. The highest BCUT2D eigenvalue weighted by molar-refractivity contribution is 6.07. The molecule has 150 valence electrons. The molecule has 30 heavy (non-hydrogen) atoms. The maximum atomic E-state index is 12.9. The normalized spacial score (nSPS) is 18.7. The fourth-order valence-corrected chi connectivity index (χ4v) is 4.24. The van der Waals surface area contributed by atoms with Crippen molar-refractivity contribution in [3.8, 4) is 5.75 Å². The minimum atomic E-state index is -0.530. The van der Waals surface area contributed by atoms with E-state index < -0.39 is 6.04 Å². The molecule has 1 aromatic heterocycles. The van der Waals surface area contributed by atoms with Gasteiger partial charge in [0.25, 0.3) is 5.91 Å².